The van der Waals surface area contributed by atoms with Crippen LogP contribution in [0.5, 0.6) is 0 Å². The lowest BCUT2D eigenvalue weighted by atomic mass is 10.1. The van der Waals surface area contributed by atoms with Crippen LogP contribution in [-0.2, 0) is 17.5 Å². The van der Waals surface area contributed by atoms with Crippen LogP contribution in [0.4, 0.5) is 30.5 Å². The number of hydrogen-bond donors (Lipinski definition) is 3. The minimum atomic E-state index is -4.56. The van der Waals surface area contributed by atoms with Gasteiger partial charge in [0.1, 0.15) is 29.5 Å². The van der Waals surface area contributed by atoms with Gasteiger partial charge in [-0.3, -0.25) is 9.59 Å². The lowest BCUT2D eigenvalue weighted by Crippen LogP contribution is -2.14. The number of anilines is 3. The van der Waals surface area contributed by atoms with Gasteiger partial charge in [0, 0.05) is 23.0 Å². The number of benzene rings is 2. The zero-order valence-corrected chi connectivity index (χ0v) is 21.7. The first-order valence-corrected chi connectivity index (χ1v) is 12.5. The summed E-state index contributed by atoms with van der Waals surface area (Å²) in [5.74, 6) is -1.10. The number of nitrogens with two attached hydrogens (primary N) is 1. The number of rotatable bonds is 7. The fourth-order valence-electron chi connectivity index (χ4n) is 4.05. The number of fused-ring (bicyclic) bond motifs is 1. The molecule has 0 fully saturated rings. The molecular formula is C27H20ClF3N8O2. The molecule has 0 saturated heterocycles. The van der Waals surface area contributed by atoms with E-state index in [1.54, 1.807) is 28.9 Å². The van der Waals surface area contributed by atoms with Crippen LogP contribution in [0.1, 0.15) is 21.5 Å². The van der Waals surface area contributed by atoms with Gasteiger partial charge in [-0.15, -0.1) is 11.6 Å². The van der Waals surface area contributed by atoms with Crippen LogP contribution in [0, 0.1) is 0 Å². The predicted molar refractivity (Wildman–Crippen MR) is 147 cm³/mol. The van der Waals surface area contributed by atoms with E-state index < -0.39 is 17.6 Å². The maximum Gasteiger partial charge on any atom is 0.416 e. The maximum atomic E-state index is 13.0. The Hall–Kier alpha value is -5.04. The van der Waals surface area contributed by atoms with E-state index in [2.05, 4.69) is 25.6 Å². The minimum absolute atomic E-state index is 0.149. The summed E-state index contributed by atoms with van der Waals surface area (Å²) in [5.41, 5.74) is 8.52. The monoisotopic (exact) mass is 580 g/mol. The van der Waals surface area contributed by atoms with E-state index in [0.29, 0.717) is 34.5 Å². The van der Waals surface area contributed by atoms with Crippen molar-refractivity contribution in [2.45, 2.75) is 12.7 Å². The van der Waals surface area contributed by atoms with E-state index in [1.165, 1.54) is 18.5 Å². The highest BCUT2D eigenvalue weighted by Crippen LogP contribution is 2.32. The number of halogens is 4. The van der Waals surface area contributed by atoms with Gasteiger partial charge in [0.25, 0.3) is 5.91 Å². The quantitative estimate of drug-likeness (QED) is 0.231. The van der Waals surface area contributed by atoms with Gasteiger partial charge in [0.05, 0.1) is 17.5 Å². The molecule has 4 N–H and O–H groups in total. The van der Waals surface area contributed by atoms with Crippen molar-refractivity contribution in [1.29, 1.82) is 0 Å². The number of hydrogen-bond acceptors (Lipinski definition) is 7. The number of nitrogens with zero attached hydrogens (tertiary/aromatic N) is 5. The molecule has 208 valence electrons. The van der Waals surface area contributed by atoms with Crippen molar-refractivity contribution in [3.63, 3.8) is 0 Å². The number of nitrogens with one attached hydrogen (secondary N) is 2. The SMILES string of the molecule is Nc1ncnc2c1c(-c1ccc(C(=O)Nc3cc(C(F)(F)F)ccn3)cc1)nn2Cc1ccc(NC(=O)CCl)cc1. The molecule has 0 atom stereocenters. The Balaban J connectivity index is 1.39. The summed E-state index contributed by atoms with van der Waals surface area (Å²) >= 11 is 5.53. The van der Waals surface area contributed by atoms with E-state index in [4.69, 9.17) is 22.4 Å². The molecule has 0 aliphatic rings. The van der Waals surface area contributed by atoms with Crippen LogP contribution < -0.4 is 16.4 Å². The topological polar surface area (TPSA) is 141 Å². The molecule has 3 aromatic heterocycles. The van der Waals surface area contributed by atoms with Gasteiger partial charge < -0.3 is 16.4 Å². The number of carbonyl (C=O) groups is 2. The molecule has 0 unspecified atom stereocenters. The minimum Gasteiger partial charge on any atom is -0.383 e. The average molecular weight is 581 g/mol. The van der Waals surface area contributed by atoms with Crippen LogP contribution in [-0.4, -0.2) is 42.4 Å². The zero-order valence-electron chi connectivity index (χ0n) is 21.0. The highest BCUT2D eigenvalue weighted by atomic mass is 35.5. The fourth-order valence-corrected chi connectivity index (χ4v) is 4.11. The summed E-state index contributed by atoms with van der Waals surface area (Å²) in [7, 11) is 0. The summed E-state index contributed by atoms with van der Waals surface area (Å²) in [4.78, 5) is 36.4. The van der Waals surface area contributed by atoms with Crippen molar-refractivity contribution in [3.05, 3.63) is 89.9 Å². The lowest BCUT2D eigenvalue weighted by Gasteiger charge is -2.09. The van der Waals surface area contributed by atoms with Crippen molar-refractivity contribution < 1.29 is 22.8 Å². The number of nitrogen functional groups attached to an aromatic ring is 1. The Kier molecular flexibility index (Phi) is 7.53. The van der Waals surface area contributed by atoms with Crippen LogP contribution in [0.25, 0.3) is 22.3 Å². The van der Waals surface area contributed by atoms with Gasteiger partial charge in [0.2, 0.25) is 5.91 Å². The second kappa shape index (κ2) is 11.2. The zero-order chi connectivity index (χ0) is 29.1. The standard InChI is InChI=1S/C27H20ClF3N8O2/c28-12-21(40)36-19-7-1-15(2-8-19)13-39-25-22(24(32)34-14-35-25)23(38-39)16-3-5-17(6-4-16)26(41)37-20-11-18(9-10-33-20)27(29,30)31/h1-11,14H,12-13H2,(H,36,40)(H2,32,34,35)(H,33,37,41). The fraction of sp³-hybridized carbons (Fsp3) is 0.111. The molecule has 2 aromatic carbocycles. The maximum absolute atomic E-state index is 13.0. The van der Waals surface area contributed by atoms with Crippen LogP contribution in [0.3, 0.4) is 0 Å². The molecule has 0 saturated carbocycles. The molecule has 2 amide bonds. The predicted octanol–water partition coefficient (Wildman–Crippen LogP) is 4.97. The Morgan fingerprint density at radius 1 is 0.951 bits per heavy atom. The van der Waals surface area contributed by atoms with Gasteiger partial charge in [-0.25, -0.2) is 19.6 Å². The van der Waals surface area contributed by atoms with E-state index in [0.717, 1.165) is 23.9 Å². The first-order chi connectivity index (χ1) is 19.6. The smallest absolute Gasteiger partial charge is 0.383 e. The largest absolute Gasteiger partial charge is 0.416 e. The van der Waals surface area contributed by atoms with Crippen molar-refractivity contribution in [2.24, 2.45) is 0 Å². The summed E-state index contributed by atoms with van der Waals surface area (Å²) in [6, 6.07) is 15.0. The first-order valence-electron chi connectivity index (χ1n) is 12.0. The molecule has 0 aliphatic heterocycles. The molecule has 14 heteroatoms. The molecular weight excluding hydrogens is 561 g/mol. The van der Waals surface area contributed by atoms with Crippen molar-refractivity contribution in [2.75, 3.05) is 22.2 Å². The molecule has 5 rings (SSSR count). The Bertz CT molecular complexity index is 1740. The normalized spacial score (nSPS) is 11.4. The van der Waals surface area contributed by atoms with Crippen LogP contribution in [0.15, 0.2) is 73.2 Å². The van der Waals surface area contributed by atoms with Crippen molar-refractivity contribution in [3.8, 4) is 11.3 Å². The Morgan fingerprint density at radius 3 is 2.37 bits per heavy atom. The third-order valence-electron chi connectivity index (χ3n) is 6.00. The van der Waals surface area contributed by atoms with Gasteiger partial charge in [-0.05, 0) is 42.0 Å². The summed E-state index contributed by atoms with van der Waals surface area (Å²) in [6.07, 6.45) is -2.25. The molecule has 0 bridgehead atoms. The Morgan fingerprint density at radius 2 is 1.68 bits per heavy atom. The van der Waals surface area contributed by atoms with Gasteiger partial charge in [-0.2, -0.15) is 18.3 Å². The number of amides is 2. The second-order valence-electron chi connectivity index (χ2n) is 8.80. The van der Waals surface area contributed by atoms with Crippen LogP contribution >= 0.6 is 11.6 Å². The molecule has 0 radical (unpaired) electrons. The summed E-state index contributed by atoms with van der Waals surface area (Å²) in [6.45, 7) is 0.334. The highest BCUT2D eigenvalue weighted by molar-refractivity contribution is 6.29. The molecule has 3 heterocycles. The van der Waals surface area contributed by atoms with Gasteiger partial charge >= 0.3 is 6.18 Å². The number of aromatic nitrogens is 5. The van der Waals surface area contributed by atoms with Gasteiger partial charge in [-0.1, -0.05) is 24.3 Å². The third kappa shape index (κ3) is 6.09. The van der Waals surface area contributed by atoms with Crippen molar-refractivity contribution >= 4 is 51.8 Å². The summed E-state index contributed by atoms with van der Waals surface area (Å²) < 4.78 is 40.6. The first kappa shape index (κ1) is 27.5. The molecule has 10 nitrogen and oxygen atoms in total. The summed E-state index contributed by atoms with van der Waals surface area (Å²) in [5, 5.41) is 10.3. The van der Waals surface area contributed by atoms with Crippen molar-refractivity contribution in [1.82, 2.24) is 24.7 Å². The highest BCUT2D eigenvalue weighted by Gasteiger charge is 2.31. The van der Waals surface area contributed by atoms with E-state index in [1.807, 2.05) is 12.1 Å². The van der Waals surface area contributed by atoms with E-state index >= 15 is 0 Å². The molecule has 41 heavy (non-hydrogen) atoms. The second-order valence-corrected chi connectivity index (χ2v) is 9.07. The lowest BCUT2D eigenvalue weighted by molar-refractivity contribution is -0.137. The molecule has 0 spiro atoms. The number of pyridine rings is 1. The Labute approximate surface area is 235 Å². The molecule has 5 aromatic rings. The third-order valence-corrected chi connectivity index (χ3v) is 6.24. The van der Waals surface area contributed by atoms with E-state index in [-0.39, 0.29) is 29.0 Å². The van der Waals surface area contributed by atoms with Crippen LogP contribution in [0.2, 0.25) is 0 Å². The average Bonchev–Trinajstić information content (AvgIpc) is 3.33. The number of alkyl halides is 4. The number of carbonyl (C=O) groups excluding carboxylic acids is 2. The van der Waals surface area contributed by atoms with Gasteiger partial charge in [0.15, 0.2) is 5.65 Å². The van der Waals surface area contributed by atoms with E-state index in [9.17, 15) is 22.8 Å². The molecule has 0 aliphatic carbocycles.